The van der Waals surface area contributed by atoms with Gasteiger partial charge in [0.2, 0.25) is 0 Å². The predicted molar refractivity (Wildman–Crippen MR) is 80.5 cm³/mol. The Kier molecular flexibility index (Phi) is 3.97. The van der Waals surface area contributed by atoms with E-state index in [0.717, 1.165) is 25.7 Å². The fraction of sp³-hybridized carbons (Fsp3) is 0.467. The summed E-state index contributed by atoms with van der Waals surface area (Å²) in [5, 5.41) is 0. The van der Waals surface area contributed by atoms with Crippen LogP contribution in [-0.4, -0.2) is 23.0 Å². The molecule has 2 aromatic rings. The summed E-state index contributed by atoms with van der Waals surface area (Å²) < 4.78 is 18.9. The van der Waals surface area contributed by atoms with Crippen LogP contribution in [0.15, 0.2) is 16.6 Å². The van der Waals surface area contributed by atoms with Gasteiger partial charge in [-0.05, 0) is 40.8 Å². The molecule has 1 unspecified atom stereocenters. The number of aromatic amines is 1. The molecule has 0 amide bonds. The second-order valence-electron chi connectivity index (χ2n) is 5.45. The third-order valence-corrected chi connectivity index (χ3v) is 4.77. The maximum absolute atomic E-state index is 13.6. The van der Waals surface area contributed by atoms with Gasteiger partial charge in [0.1, 0.15) is 17.6 Å². The van der Waals surface area contributed by atoms with E-state index < -0.39 is 5.92 Å². The van der Waals surface area contributed by atoms with E-state index in [1.165, 1.54) is 13.2 Å². The molecule has 0 bridgehead atoms. The quantitative estimate of drug-likeness (QED) is 0.850. The minimum Gasteiger partial charge on any atom is -0.468 e. The monoisotopic (exact) mass is 354 g/mol. The lowest BCUT2D eigenvalue weighted by molar-refractivity contribution is -0.144. The zero-order valence-electron chi connectivity index (χ0n) is 11.7. The van der Waals surface area contributed by atoms with Gasteiger partial charge in [0.05, 0.1) is 22.6 Å². The van der Waals surface area contributed by atoms with E-state index in [0.29, 0.717) is 21.3 Å². The number of halogens is 2. The van der Waals surface area contributed by atoms with Gasteiger partial charge in [-0.25, -0.2) is 9.37 Å². The van der Waals surface area contributed by atoms with Gasteiger partial charge in [-0.15, -0.1) is 0 Å². The molecule has 1 saturated carbocycles. The van der Waals surface area contributed by atoms with E-state index in [4.69, 9.17) is 4.74 Å². The molecule has 1 aliphatic rings. The first-order valence-corrected chi connectivity index (χ1v) is 7.82. The average molecular weight is 355 g/mol. The second kappa shape index (κ2) is 5.75. The van der Waals surface area contributed by atoms with Gasteiger partial charge in [-0.1, -0.05) is 12.8 Å². The van der Waals surface area contributed by atoms with Gasteiger partial charge in [0.15, 0.2) is 0 Å². The van der Waals surface area contributed by atoms with Gasteiger partial charge in [-0.2, -0.15) is 0 Å². The molecule has 0 saturated heterocycles. The van der Waals surface area contributed by atoms with Gasteiger partial charge in [0, 0.05) is 6.07 Å². The van der Waals surface area contributed by atoms with Crippen LogP contribution in [0.1, 0.15) is 37.4 Å². The van der Waals surface area contributed by atoms with Crippen molar-refractivity contribution in [2.24, 2.45) is 5.92 Å². The highest BCUT2D eigenvalue weighted by Gasteiger charge is 2.35. The van der Waals surface area contributed by atoms with E-state index in [2.05, 4.69) is 25.9 Å². The largest absolute Gasteiger partial charge is 0.468 e. The normalized spacial score (nSPS) is 17.3. The predicted octanol–water partition coefficient (Wildman–Crippen LogP) is 3.91. The maximum atomic E-state index is 13.6. The third kappa shape index (κ3) is 2.69. The van der Waals surface area contributed by atoms with Crippen LogP contribution in [0.2, 0.25) is 0 Å². The SMILES string of the molecule is COC(=O)C(c1nc2cc(Br)c(F)cc2[nH]1)C1CCCC1. The Hall–Kier alpha value is -1.43. The molecule has 1 aromatic carbocycles. The number of carbonyl (C=O) groups excluding carboxylic acids is 1. The lowest BCUT2D eigenvalue weighted by Gasteiger charge is -2.18. The summed E-state index contributed by atoms with van der Waals surface area (Å²) in [6, 6.07) is 3.01. The molecule has 1 fully saturated rings. The minimum absolute atomic E-state index is 0.242. The van der Waals surface area contributed by atoms with Gasteiger partial charge in [-0.3, -0.25) is 4.79 Å². The summed E-state index contributed by atoms with van der Waals surface area (Å²) in [7, 11) is 1.39. The highest BCUT2D eigenvalue weighted by molar-refractivity contribution is 9.10. The maximum Gasteiger partial charge on any atom is 0.316 e. The van der Waals surface area contributed by atoms with Crippen molar-refractivity contribution in [2.75, 3.05) is 7.11 Å². The highest BCUT2D eigenvalue weighted by atomic mass is 79.9. The summed E-state index contributed by atoms with van der Waals surface area (Å²) >= 11 is 3.15. The van der Waals surface area contributed by atoms with Crippen molar-refractivity contribution in [1.29, 1.82) is 0 Å². The van der Waals surface area contributed by atoms with E-state index in [-0.39, 0.29) is 17.7 Å². The van der Waals surface area contributed by atoms with Crippen molar-refractivity contribution in [2.45, 2.75) is 31.6 Å². The van der Waals surface area contributed by atoms with Crippen molar-refractivity contribution >= 4 is 32.9 Å². The Morgan fingerprint density at radius 3 is 2.86 bits per heavy atom. The van der Waals surface area contributed by atoms with Crippen molar-refractivity contribution in [3.05, 3.63) is 28.2 Å². The Balaban J connectivity index is 2.04. The third-order valence-electron chi connectivity index (χ3n) is 4.16. The Morgan fingerprint density at radius 1 is 1.48 bits per heavy atom. The number of rotatable bonds is 3. The molecule has 4 nitrogen and oxygen atoms in total. The number of nitrogens with zero attached hydrogens (tertiary/aromatic N) is 1. The lowest BCUT2D eigenvalue weighted by atomic mass is 9.90. The average Bonchev–Trinajstić information content (AvgIpc) is 3.09. The Morgan fingerprint density at radius 2 is 2.19 bits per heavy atom. The molecule has 6 heteroatoms. The topological polar surface area (TPSA) is 55.0 Å². The smallest absolute Gasteiger partial charge is 0.316 e. The molecule has 0 radical (unpaired) electrons. The van der Waals surface area contributed by atoms with Gasteiger partial charge >= 0.3 is 5.97 Å². The fourth-order valence-corrected chi connectivity index (χ4v) is 3.45. The summed E-state index contributed by atoms with van der Waals surface area (Å²) in [6.07, 6.45) is 4.24. The molecule has 1 aliphatic carbocycles. The van der Waals surface area contributed by atoms with E-state index in [1.54, 1.807) is 6.07 Å². The Labute approximate surface area is 130 Å². The number of fused-ring (bicyclic) bond motifs is 1. The van der Waals surface area contributed by atoms with Crippen LogP contribution in [0, 0.1) is 11.7 Å². The number of ether oxygens (including phenoxy) is 1. The first kappa shape index (κ1) is 14.5. The first-order valence-electron chi connectivity index (χ1n) is 7.02. The summed E-state index contributed by atoms with van der Waals surface area (Å²) in [5.41, 5.74) is 1.24. The van der Waals surface area contributed by atoms with Crippen LogP contribution in [-0.2, 0) is 9.53 Å². The Bertz CT molecular complexity index is 641. The standard InChI is InChI=1S/C15H16BrFN2O2/c1-21-15(20)13(8-4-2-3-5-8)14-18-11-6-9(16)10(17)7-12(11)19-14/h6-8,13H,2-5H2,1H3,(H,18,19). The molecule has 112 valence electrons. The minimum atomic E-state index is -0.397. The number of imidazole rings is 1. The highest BCUT2D eigenvalue weighted by Crippen LogP contribution is 2.38. The zero-order chi connectivity index (χ0) is 15.0. The van der Waals surface area contributed by atoms with Crippen LogP contribution in [0.3, 0.4) is 0 Å². The van der Waals surface area contributed by atoms with Crippen LogP contribution in [0.25, 0.3) is 11.0 Å². The molecular formula is C15H16BrFN2O2. The fourth-order valence-electron chi connectivity index (χ4n) is 3.12. The number of hydrogen-bond donors (Lipinski definition) is 1. The molecule has 0 aliphatic heterocycles. The summed E-state index contributed by atoms with van der Waals surface area (Å²) in [6.45, 7) is 0. The van der Waals surface area contributed by atoms with E-state index in [1.807, 2.05) is 0 Å². The summed E-state index contributed by atoms with van der Waals surface area (Å²) in [5.74, 6) is -0.215. The summed E-state index contributed by atoms with van der Waals surface area (Å²) in [4.78, 5) is 19.7. The van der Waals surface area contributed by atoms with Crippen LogP contribution in [0.5, 0.6) is 0 Å². The van der Waals surface area contributed by atoms with Crippen molar-refractivity contribution in [3.8, 4) is 0 Å². The number of nitrogens with one attached hydrogen (secondary N) is 1. The molecule has 3 rings (SSSR count). The van der Waals surface area contributed by atoms with Crippen LogP contribution < -0.4 is 0 Å². The molecule has 1 heterocycles. The number of esters is 1. The molecular weight excluding hydrogens is 339 g/mol. The first-order chi connectivity index (χ1) is 10.1. The molecule has 0 spiro atoms. The van der Waals surface area contributed by atoms with E-state index >= 15 is 0 Å². The number of aromatic nitrogens is 2. The van der Waals surface area contributed by atoms with Crippen LogP contribution >= 0.6 is 15.9 Å². The van der Waals surface area contributed by atoms with Crippen molar-refractivity contribution < 1.29 is 13.9 Å². The number of hydrogen-bond acceptors (Lipinski definition) is 3. The molecule has 1 aromatic heterocycles. The van der Waals surface area contributed by atoms with Crippen molar-refractivity contribution in [3.63, 3.8) is 0 Å². The molecule has 1 atom stereocenters. The van der Waals surface area contributed by atoms with Crippen LogP contribution in [0.4, 0.5) is 4.39 Å². The van der Waals surface area contributed by atoms with Gasteiger partial charge < -0.3 is 9.72 Å². The number of H-pyrrole nitrogens is 1. The zero-order valence-corrected chi connectivity index (χ0v) is 13.2. The number of carbonyl (C=O) groups is 1. The van der Waals surface area contributed by atoms with Gasteiger partial charge in [0.25, 0.3) is 0 Å². The number of benzene rings is 1. The molecule has 1 N–H and O–H groups in total. The van der Waals surface area contributed by atoms with E-state index in [9.17, 15) is 9.18 Å². The lowest BCUT2D eigenvalue weighted by Crippen LogP contribution is -2.22. The number of methoxy groups -OCH3 is 1. The second-order valence-corrected chi connectivity index (χ2v) is 6.31. The molecule has 21 heavy (non-hydrogen) atoms. The van der Waals surface area contributed by atoms with Crippen molar-refractivity contribution in [1.82, 2.24) is 9.97 Å².